The van der Waals surface area contributed by atoms with E-state index in [-0.39, 0.29) is 5.41 Å². The van der Waals surface area contributed by atoms with Gasteiger partial charge < -0.3 is 14.7 Å². The molecule has 1 aromatic carbocycles. The van der Waals surface area contributed by atoms with Gasteiger partial charge in [0.1, 0.15) is 5.65 Å². The molecule has 3 aromatic rings. The summed E-state index contributed by atoms with van der Waals surface area (Å²) in [6.07, 6.45) is 6.76. The number of H-pyrrole nitrogens is 1. The number of rotatable bonds is 2. The van der Waals surface area contributed by atoms with Gasteiger partial charge in [-0.05, 0) is 61.8 Å². The van der Waals surface area contributed by atoms with E-state index in [9.17, 15) is 13.4 Å². The van der Waals surface area contributed by atoms with Crippen molar-refractivity contribution in [3.8, 4) is 0 Å². The van der Waals surface area contributed by atoms with Gasteiger partial charge in [0.25, 0.3) is 0 Å². The molecule has 2 fully saturated rings. The fourth-order valence-electron chi connectivity index (χ4n) is 5.89. The molecule has 1 saturated heterocycles. The van der Waals surface area contributed by atoms with E-state index in [1.54, 1.807) is 22.6 Å². The monoisotopic (exact) mass is 437 g/mol. The number of hydrogen-bond donors (Lipinski definition) is 2. The molecule has 2 N–H and O–H groups in total. The zero-order chi connectivity index (χ0) is 21.4. The second-order valence-corrected chi connectivity index (χ2v) is 11.3. The smallest absolute Gasteiger partial charge is 0.423 e. The Bertz CT molecular complexity index is 1270. The summed E-state index contributed by atoms with van der Waals surface area (Å²) in [4.78, 5) is 7.89. The minimum absolute atomic E-state index is 0.0481. The highest BCUT2D eigenvalue weighted by Crippen LogP contribution is 2.63. The molecule has 2 spiro atoms. The Balaban J connectivity index is 1.22. The van der Waals surface area contributed by atoms with Gasteiger partial charge in [0.2, 0.25) is 10.0 Å². The molecule has 2 aliphatic heterocycles. The van der Waals surface area contributed by atoms with E-state index in [2.05, 4.69) is 9.97 Å². The largest absolute Gasteiger partial charge is 0.493 e. The lowest BCUT2D eigenvalue weighted by atomic mass is 9.53. The first-order chi connectivity index (χ1) is 14.8. The molecule has 31 heavy (non-hydrogen) atoms. The molecule has 0 radical (unpaired) electrons. The van der Waals surface area contributed by atoms with Crippen LogP contribution in [0.25, 0.3) is 11.0 Å². The SMILES string of the molecule is Cc1ccc(S(=O)(=O)N2CCC3(CC2)CC2(C3)OB(O)c3cnc4[nH]ccc4c32)cc1. The Morgan fingerprint density at radius 3 is 2.58 bits per heavy atom. The number of nitrogens with one attached hydrogen (secondary N) is 1. The topological polar surface area (TPSA) is 95.5 Å². The van der Waals surface area contributed by atoms with Crippen LogP contribution in [0.5, 0.6) is 0 Å². The van der Waals surface area contributed by atoms with Crippen LogP contribution in [0.2, 0.25) is 0 Å². The Morgan fingerprint density at radius 2 is 1.87 bits per heavy atom. The van der Waals surface area contributed by atoms with E-state index in [0.717, 1.165) is 53.3 Å². The van der Waals surface area contributed by atoms with Crippen molar-refractivity contribution in [1.29, 1.82) is 0 Å². The second kappa shape index (κ2) is 6.42. The van der Waals surface area contributed by atoms with Gasteiger partial charge in [-0.25, -0.2) is 13.4 Å². The van der Waals surface area contributed by atoms with Gasteiger partial charge in [-0.1, -0.05) is 17.7 Å². The Kier molecular flexibility index (Phi) is 4.03. The van der Waals surface area contributed by atoms with E-state index in [1.165, 1.54) is 0 Å². The number of piperidine rings is 1. The number of nitrogens with zero attached hydrogens (tertiary/aromatic N) is 2. The molecule has 0 atom stereocenters. The van der Waals surface area contributed by atoms with Crippen molar-refractivity contribution >= 4 is 33.6 Å². The molecule has 2 aromatic heterocycles. The minimum atomic E-state index is -3.47. The van der Waals surface area contributed by atoms with Gasteiger partial charge in [-0.2, -0.15) is 4.31 Å². The number of aromatic nitrogens is 2. The van der Waals surface area contributed by atoms with Gasteiger partial charge in [-0.3, -0.25) is 0 Å². The van der Waals surface area contributed by atoms with Gasteiger partial charge in [-0.15, -0.1) is 0 Å². The first-order valence-electron chi connectivity index (χ1n) is 10.7. The van der Waals surface area contributed by atoms with Crippen LogP contribution in [-0.2, 0) is 20.3 Å². The number of aromatic amines is 1. The van der Waals surface area contributed by atoms with Gasteiger partial charge in [0, 0.05) is 36.3 Å². The Morgan fingerprint density at radius 1 is 1.16 bits per heavy atom. The number of pyridine rings is 1. The third-order valence-electron chi connectivity index (χ3n) is 7.44. The normalized spacial score (nSPS) is 22.2. The Labute approximate surface area is 181 Å². The highest BCUT2D eigenvalue weighted by molar-refractivity contribution is 7.89. The van der Waals surface area contributed by atoms with Crippen molar-refractivity contribution in [2.45, 2.75) is 43.1 Å². The van der Waals surface area contributed by atoms with E-state index >= 15 is 0 Å². The number of fused-ring (bicyclic) bond motifs is 4. The highest BCUT2D eigenvalue weighted by atomic mass is 32.2. The van der Waals surface area contributed by atoms with Crippen LogP contribution in [0.1, 0.15) is 36.8 Å². The summed E-state index contributed by atoms with van der Waals surface area (Å²) in [5.41, 5.74) is 3.19. The van der Waals surface area contributed by atoms with Crippen molar-refractivity contribution < 1.29 is 18.1 Å². The van der Waals surface area contributed by atoms with Crippen LogP contribution in [0.3, 0.4) is 0 Å². The molecule has 0 amide bonds. The molecule has 9 heteroatoms. The lowest BCUT2D eigenvalue weighted by molar-refractivity contribution is -0.133. The summed E-state index contributed by atoms with van der Waals surface area (Å²) < 4.78 is 33.8. The van der Waals surface area contributed by atoms with Crippen molar-refractivity contribution in [2.75, 3.05) is 13.1 Å². The average molecular weight is 437 g/mol. The fraction of sp³-hybridized carbons (Fsp3) is 0.409. The summed E-state index contributed by atoms with van der Waals surface area (Å²) in [5, 5.41) is 11.5. The zero-order valence-electron chi connectivity index (χ0n) is 17.3. The molecule has 6 rings (SSSR count). The number of benzene rings is 1. The lowest BCUT2D eigenvalue weighted by Crippen LogP contribution is -2.55. The van der Waals surface area contributed by atoms with Crippen LogP contribution in [0, 0.1) is 12.3 Å². The Hall–Kier alpha value is -2.20. The van der Waals surface area contributed by atoms with Crippen molar-refractivity contribution in [2.24, 2.45) is 5.41 Å². The summed E-state index contributed by atoms with van der Waals surface area (Å²) >= 11 is 0. The molecule has 1 aliphatic carbocycles. The molecule has 0 unspecified atom stereocenters. The molecular weight excluding hydrogens is 413 g/mol. The van der Waals surface area contributed by atoms with Gasteiger partial charge in [0.15, 0.2) is 0 Å². The van der Waals surface area contributed by atoms with Crippen LogP contribution in [-0.4, -0.2) is 47.9 Å². The zero-order valence-corrected chi connectivity index (χ0v) is 18.2. The molecular formula is C22H24BN3O4S. The lowest BCUT2D eigenvalue weighted by Gasteiger charge is -2.57. The first kappa shape index (κ1) is 19.5. The first-order valence-corrected chi connectivity index (χ1v) is 12.2. The van der Waals surface area contributed by atoms with E-state index in [1.807, 2.05) is 31.3 Å². The maximum Gasteiger partial charge on any atom is 0.493 e. The van der Waals surface area contributed by atoms with Crippen LogP contribution < -0.4 is 5.46 Å². The average Bonchev–Trinajstić information content (AvgIpc) is 3.31. The highest BCUT2D eigenvalue weighted by Gasteiger charge is 2.62. The van der Waals surface area contributed by atoms with Gasteiger partial charge >= 0.3 is 7.12 Å². The summed E-state index contributed by atoms with van der Waals surface area (Å²) in [6, 6.07) is 9.05. The van der Waals surface area contributed by atoms with Crippen LogP contribution in [0.15, 0.2) is 47.6 Å². The number of hydrogen-bond acceptors (Lipinski definition) is 5. The maximum atomic E-state index is 13.0. The predicted molar refractivity (Wildman–Crippen MR) is 117 cm³/mol. The summed E-state index contributed by atoms with van der Waals surface area (Å²) in [5.74, 6) is 0. The minimum Gasteiger partial charge on any atom is -0.423 e. The van der Waals surface area contributed by atoms with E-state index in [0.29, 0.717) is 18.0 Å². The second-order valence-electron chi connectivity index (χ2n) is 9.36. The summed E-state index contributed by atoms with van der Waals surface area (Å²) in [7, 11) is -4.43. The number of sulfonamides is 1. The molecule has 0 bridgehead atoms. The fourth-order valence-corrected chi connectivity index (χ4v) is 7.33. The van der Waals surface area contributed by atoms with Crippen LogP contribution >= 0.6 is 0 Å². The third kappa shape index (κ3) is 2.77. The maximum absolute atomic E-state index is 13.0. The number of aryl methyl sites for hydroxylation is 1. The van der Waals surface area contributed by atoms with Crippen molar-refractivity contribution in [3.05, 3.63) is 53.9 Å². The molecule has 3 aliphatic rings. The molecule has 160 valence electrons. The predicted octanol–water partition coefficient (Wildman–Crippen LogP) is 2.05. The van der Waals surface area contributed by atoms with Crippen LogP contribution in [0.4, 0.5) is 0 Å². The van der Waals surface area contributed by atoms with E-state index < -0.39 is 22.7 Å². The summed E-state index contributed by atoms with van der Waals surface area (Å²) in [6.45, 7) is 2.97. The molecule has 7 nitrogen and oxygen atoms in total. The van der Waals surface area contributed by atoms with Crippen molar-refractivity contribution in [1.82, 2.24) is 14.3 Å². The van der Waals surface area contributed by atoms with Gasteiger partial charge in [0.05, 0.1) is 10.5 Å². The quantitative estimate of drug-likeness (QED) is 0.599. The standard InChI is InChI=1S/C22H24BN3O4S/c1-15-2-4-16(5-3-15)31(28,29)26-10-7-21(8-11-26)13-22(14-21)19-17-6-9-24-20(17)25-12-18(19)23(27)30-22/h2-6,9,12,27H,7-8,10-11,13-14H2,1H3,(H,24,25). The van der Waals surface area contributed by atoms with Crippen molar-refractivity contribution in [3.63, 3.8) is 0 Å². The molecule has 1 saturated carbocycles. The third-order valence-corrected chi connectivity index (χ3v) is 9.35. The van der Waals surface area contributed by atoms with E-state index in [4.69, 9.17) is 4.65 Å². The molecule has 4 heterocycles.